The van der Waals surface area contributed by atoms with Gasteiger partial charge in [-0.15, -0.1) is 0 Å². The van der Waals surface area contributed by atoms with E-state index < -0.39 is 5.97 Å². The molecule has 0 N–H and O–H groups in total. The molecular weight excluding hydrogens is 286 g/mol. The number of aromatic nitrogens is 1. The highest BCUT2D eigenvalue weighted by atomic mass is 32.2. The number of rotatable bonds is 5. The van der Waals surface area contributed by atoms with Crippen molar-refractivity contribution in [1.29, 1.82) is 0 Å². The summed E-state index contributed by atoms with van der Waals surface area (Å²) in [6.45, 7) is 0. The number of carbonyl (C=O) groups is 1. The van der Waals surface area contributed by atoms with Crippen molar-refractivity contribution in [3.8, 4) is 11.3 Å². The quantitative estimate of drug-likeness (QED) is 0.366. The van der Waals surface area contributed by atoms with E-state index in [4.69, 9.17) is 9.47 Å². The van der Waals surface area contributed by atoms with Gasteiger partial charge in [0.2, 0.25) is 0 Å². The number of carbonyl (C=O) groups excluding carboxylic acids is 1. The molecule has 0 saturated heterocycles. The average Bonchev–Trinajstić information content (AvgIpc) is 2.55. The summed E-state index contributed by atoms with van der Waals surface area (Å²) in [7, 11) is 2.82. The van der Waals surface area contributed by atoms with E-state index in [9.17, 15) is 4.79 Å². The zero-order valence-electron chi connectivity index (χ0n) is 11.8. The van der Waals surface area contributed by atoms with Crippen molar-refractivity contribution in [3.63, 3.8) is 0 Å². The number of pyridine rings is 1. The molecule has 21 heavy (non-hydrogen) atoms. The van der Waals surface area contributed by atoms with Crippen molar-refractivity contribution < 1.29 is 14.3 Å². The Bertz CT molecular complexity index is 641. The third-order valence-corrected chi connectivity index (χ3v) is 3.54. The molecule has 0 bridgehead atoms. The molecule has 108 valence electrons. The molecule has 4 nitrogen and oxygen atoms in total. The SMILES string of the molecule is CO/C=C(\Sc1cccc(-c2ccccc2)n1)C(=O)OC. The number of hydrogen-bond donors (Lipinski definition) is 0. The maximum Gasteiger partial charge on any atom is 0.347 e. The highest BCUT2D eigenvalue weighted by Gasteiger charge is 2.13. The van der Waals surface area contributed by atoms with Gasteiger partial charge in [0.05, 0.1) is 19.9 Å². The fraction of sp³-hybridized carbons (Fsp3) is 0.125. The smallest absolute Gasteiger partial charge is 0.347 e. The van der Waals surface area contributed by atoms with Crippen molar-refractivity contribution in [3.05, 3.63) is 59.7 Å². The molecule has 5 heteroatoms. The molecule has 2 rings (SSSR count). The minimum atomic E-state index is -0.450. The van der Waals surface area contributed by atoms with Gasteiger partial charge in [0.15, 0.2) is 0 Å². The second kappa shape index (κ2) is 7.50. The molecule has 0 atom stereocenters. The van der Waals surface area contributed by atoms with Gasteiger partial charge in [-0.2, -0.15) is 0 Å². The van der Waals surface area contributed by atoms with E-state index in [1.165, 1.54) is 32.2 Å². The van der Waals surface area contributed by atoms with E-state index in [2.05, 4.69) is 4.98 Å². The Morgan fingerprint density at radius 1 is 1.10 bits per heavy atom. The third-order valence-electron chi connectivity index (χ3n) is 2.62. The van der Waals surface area contributed by atoms with Crippen LogP contribution in [0.3, 0.4) is 0 Å². The molecule has 0 amide bonds. The lowest BCUT2D eigenvalue weighted by atomic mass is 10.1. The van der Waals surface area contributed by atoms with Crippen LogP contribution in [0, 0.1) is 0 Å². The first kappa shape index (κ1) is 15.1. The van der Waals surface area contributed by atoms with Crippen LogP contribution >= 0.6 is 11.8 Å². The third kappa shape index (κ3) is 4.10. The second-order valence-corrected chi connectivity index (χ2v) is 5.10. The Morgan fingerprint density at radius 3 is 2.52 bits per heavy atom. The molecule has 0 aliphatic rings. The van der Waals surface area contributed by atoms with Crippen LogP contribution in [0.15, 0.2) is 64.7 Å². The number of esters is 1. The molecule has 0 saturated carbocycles. The summed E-state index contributed by atoms with van der Waals surface area (Å²) in [5.74, 6) is -0.450. The fourth-order valence-corrected chi connectivity index (χ4v) is 2.50. The molecule has 1 aromatic carbocycles. The number of hydrogen-bond acceptors (Lipinski definition) is 5. The number of methoxy groups -OCH3 is 2. The second-order valence-electron chi connectivity index (χ2n) is 4.04. The van der Waals surface area contributed by atoms with Gasteiger partial charge in [-0.1, -0.05) is 48.2 Å². The van der Waals surface area contributed by atoms with Crippen LogP contribution in [-0.2, 0) is 14.3 Å². The first-order valence-corrected chi connectivity index (χ1v) is 7.08. The Hall–Kier alpha value is -2.27. The largest absolute Gasteiger partial charge is 0.503 e. The van der Waals surface area contributed by atoms with E-state index in [-0.39, 0.29) is 0 Å². The highest BCUT2D eigenvalue weighted by Crippen LogP contribution is 2.28. The van der Waals surface area contributed by atoms with E-state index in [1.54, 1.807) is 0 Å². The molecular formula is C16H15NO3S. The lowest BCUT2D eigenvalue weighted by Crippen LogP contribution is -2.02. The van der Waals surface area contributed by atoms with Gasteiger partial charge in [0, 0.05) is 5.56 Å². The Labute approximate surface area is 127 Å². The summed E-state index contributed by atoms with van der Waals surface area (Å²) in [6.07, 6.45) is 1.35. The van der Waals surface area contributed by atoms with Gasteiger partial charge in [-0.25, -0.2) is 9.78 Å². The molecule has 0 unspecified atom stereocenters. The maximum absolute atomic E-state index is 11.6. The Balaban J connectivity index is 2.25. The molecule has 0 aliphatic carbocycles. The molecule has 0 spiro atoms. The summed E-state index contributed by atoms with van der Waals surface area (Å²) >= 11 is 1.21. The number of nitrogens with zero attached hydrogens (tertiary/aromatic N) is 1. The van der Waals surface area contributed by atoms with Gasteiger partial charge in [0.1, 0.15) is 16.2 Å². The molecule has 0 fully saturated rings. The highest BCUT2D eigenvalue weighted by molar-refractivity contribution is 8.03. The molecule has 2 aromatic rings. The van der Waals surface area contributed by atoms with Crippen molar-refractivity contribution in [1.82, 2.24) is 4.98 Å². The van der Waals surface area contributed by atoms with Crippen molar-refractivity contribution in [2.45, 2.75) is 5.03 Å². The van der Waals surface area contributed by atoms with E-state index in [1.807, 2.05) is 48.5 Å². The number of thioether (sulfide) groups is 1. The average molecular weight is 301 g/mol. The van der Waals surface area contributed by atoms with E-state index >= 15 is 0 Å². The van der Waals surface area contributed by atoms with Crippen molar-refractivity contribution in [2.75, 3.05) is 14.2 Å². The van der Waals surface area contributed by atoms with Crippen LogP contribution in [0.25, 0.3) is 11.3 Å². The van der Waals surface area contributed by atoms with Crippen LogP contribution in [-0.4, -0.2) is 25.2 Å². The van der Waals surface area contributed by atoms with Crippen LogP contribution in [0.2, 0.25) is 0 Å². The van der Waals surface area contributed by atoms with Gasteiger partial charge >= 0.3 is 5.97 Å². The Morgan fingerprint density at radius 2 is 1.86 bits per heavy atom. The van der Waals surface area contributed by atoms with Gasteiger partial charge in [-0.05, 0) is 12.1 Å². The van der Waals surface area contributed by atoms with Gasteiger partial charge in [-0.3, -0.25) is 0 Å². The fourth-order valence-electron chi connectivity index (χ4n) is 1.68. The monoisotopic (exact) mass is 301 g/mol. The molecule has 0 aliphatic heterocycles. The zero-order valence-corrected chi connectivity index (χ0v) is 12.6. The Kier molecular flexibility index (Phi) is 5.40. The normalized spacial score (nSPS) is 11.0. The number of ether oxygens (including phenoxy) is 2. The predicted octanol–water partition coefficient (Wildman–Crippen LogP) is 3.50. The summed E-state index contributed by atoms with van der Waals surface area (Å²) in [5.41, 5.74) is 1.87. The summed E-state index contributed by atoms with van der Waals surface area (Å²) < 4.78 is 9.62. The first-order valence-electron chi connectivity index (χ1n) is 6.26. The molecule has 1 aromatic heterocycles. The summed E-state index contributed by atoms with van der Waals surface area (Å²) in [4.78, 5) is 16.5. The lowest BCUT2D eigenvalue weighted by molar-refractivity contribution is -0.135. The van der Waals surface area contributed by atoms with Crippen molar-refractivity contribution >= 4 is 17.7 Å². The molecule has 0 radical (unpaired) electrons. The predicted molar refractivity (Wildman–Crippen MR) is 82.6 cm³/mol. The number of benzene rings is 1. The first-order chi connectivity index (χ1) is 10.2. The lowest BCUT2D eigenvalue weighted by Gasteiger charge is -2.06. The van der Waals surface area contributed by atoms with Crippen LogP contribution < -0.4 is 0 Å². The standard InChI is InChI=1S/C16H15NO3S/c1-19-11-14(16(18)20-2)21-15-10-6-9-13(17-15)12-7-4-3-5-8-12/h3-11H,1-2H3/b14-11-. The summed E-state index contributed by atoms with van der Waals surface area (Å²) in [5, 5.41) is 0.699. The van der Waals surface area contributed by atoms with Crippen molar-refractivity contribution in [2.24, 2.45) is 0 Å². The van der Waals surface area contributed by atoms with E-state index in [0.717, 1.165) is 11.3 Å². The van der Waals surface area contributed by atoms with E-state index in [0.29, 0.717) is 9.93 Å². The van der Waals surface area contributed by atoms with Crippen LogP contribution in [0.5, 0.6) is 0 Å². The minimum absolute atomic E-state index is 0.345. The van der Waals surface area contributed by atoms with Crippen LogP contribution in [0.4, 0.5) is 0 Å². The maximum atomic E-state index is 11.6. The minimum Gasteiger partial charge on any atom is -0.503 e. The zero-order chi connectivity index (χ0) is 15.1. The van der Waals surface area contributed by atoms with Crippen LogP contribution in [0.1, 0.15) is 0 Å². The topological polar surface area (TPSA) is 48.4 Å². The molecule has 1 heterocycles. The van der Waals surface area contributed by atoms with Gasteiger partial charge in [0.25, 0.3) is 0 Å². The van der Waals surface area contributed by atoms with Gasteiger partial charge < -0.3 is 9.47 Å². The summed E-state index contributed by atoms with van der Waals surface area (Å²) in [6, 6.07) is 15.5.